The fraction of sp³-hybridized carbons (Fsp3) is 0.391. The maximum atomic E-state index is 13.3. The second-order valence-electron chi connectivity index (χ2n) is 7.61. The van der Waals surface area contributed by atoms with E-state index in [1.807, 2.05) is 12.1 Å². The summed E-state index contributed by atoms with van der Waals surface area (Å²) in [5, 5.41) is 19.0. The van der Waals surface area contributed by atoms with Crippen LogP contribution in [0, 0.1) is 5.82 Å². The van der Waals surface area contributed by atoms with Crippen molar-refractivity contribution in [1.29, 1.82) is 0 Å². The summed E-state index contributed by atoms with van der Waals surface area (Å²) < 4.78 is 13.3. The number of benzene rings is 1. The minimum absolute atomic E-state index is 0.207. The Labute approximate surface area is 185 Å². The first-order valence-electron chi connectivity index (χ1n) is 10.7. The highest BCUT2D eigenvalue weighted by atomic mass is 19.1. The third kappa shape index (κ3) is 6.58. The summed E-state index contributed by atoms with van der Waals surface area (Å²) in [6, 6.07) is 6.71. The van der Waals surface area contributed by atoms with Crippen molar-refractivity contribution in [2.24, 2.45) is 0 Å². The molecule has 0 amide bonds. The molecule has 0 spiro atoms. The second kappa shape index (κ2) is 11.3. The van der Waals surface area contributed by atoms with E-state index in [1.165, 1.54) is 42.7 Å². The SMILES string of the molecule is Fc1ccc(-c2nc(N3CCNCC3)nc3c2CCCCC3)cc1.O=C(O)C=CC(=O)O. The van der Waals surface area contributed by atoms with Crippen molar-refractivity contribution in [2.45, 2.75) is 32.1 Å². The topological polar surface area (TPSA) is 116 Å². The molecule has 1 aromatic carbocycles. The van der Waals surface area contributed by atoms with Crippen LogP contribution in [-0.2, 0) is 22.4 Å². The van der Waals surface area contributed by atoms with Gasteiger partial charge in [0, 0.05) is 55.2 Å². The number of piperazine rings is 1. The number of nitrogens with zero attached hydrogens (tertiary/aromatic N) is 3. The van der Waals surface area contributed by atoms with E-state index in [-0.39, 0.29) is 5.82 Å². The Morgan fingerprint density at radius 1 is 0.938 bits per heavy atom. The van der Waals surface area contributed by atoms with Gasteiger partial charge in [0.2, 0.25) is 5.95 Å². The van der Waals surface area contributed by atoms with Crippen LogP contribution in [0.1, 0.15) is 30.5 Å². The smallest absolute Gasteiger partial charge is 0.328 e. The number of carbonyl (C=O) groups is 2. The van der Waals surface area contributed by atoms with Gasteiger partial charge in [-0.1, -0.05) is 6.42 Å². The van der Waals surface area contributed by atoms with Crippen molar-refractivity contribution in [2.75, 3.05) is 31.1 Å². The van der Waals surface area contributed by atoms with Crippen LogP contribution in [0.25, 0.3) is 11.3 Å². The molecule has 32 heavy (non-hydrogen) atoms. The van der Waals surface area contributed by atoms with Crippen molar-refractivity contribution in [3.8, 4) is 11.3 Å². The predicted octanol–water partition coefficient (Wildman–Crippen LogP) is 2.67. The van der Waals surface area contributed by atoms with Crippen LogP contribution in [0.15, 0.2) is 36.4 Å². The highest BCUT2D eigenvalue weighted by molar-refractivity contribution is 5.89. The fourth-order valence-corrected chi connectivity index (χ4v) is 3.75. The molecule has 0 radical (unpaired) electrons. The number of aryl methyl sites for hydroxylation is 1. The Bertz CT molecular complexity index is 957. The Hall–Kier alpha value is -3.33. The van der Waals surface area contributed by atoms with Gasteiger partial charge in [-0.2, -0.15) is 0 Å². The molecule has 1 aliphatic carbocycles. The summed E-state index contributed by atoms with van der Waals surface area (Å²) in [6.07, 6.45) is 6.76. The van der Waals surface area contributed by atoms with E-state index in [0.29, 0.717) is 12.2 Å². The largest absolute Gasteiger partial charge is 0.478 e. The number of rotatable bonds is 4. The average Bonchev–Trinajstić information content (AvgIpc) is 3.04. The van der Waals surface area contributed by atoms with Gasteiger partial charge in [-0.25, -0.2) is 23.9 Å². The number of aliphatic carboxylic acids is 2. The number of hydrogen-bond donors (Lipinski definition) is 3. The zero-order valence-corrected chi connectivity index (χ0v) is 17.8. The van der Waals surface area contributed by atoms with Crippen molar-refractivity contribution in [1.82, 2.24) is 15.3 Å². The number of anilines is 1. The Morgan fingerprint density at radius 3 is 2.19 bits per heavy atom. The molecular formula is C23H27FN4O4. The van der Waals surface area contributed by atoms with Crippen molar-refractivity contribution in [3.63, 3.8) is 0 Å². The third-order valence-electron chi connectivity index (χ3n) is 5.31. The zero-order chi connectivity index (χ0) is 22.9. The van der Waals surface area contributed by atoms with Gasteiger partial charge < -0.3 is 20.4 Å². The van der Waals surface area contributed by atoms with E-state index in [9.17, 15) is 14.0 Å². The van der Waals surface area contributed by atoms with Crippen LogP contribution in [0.5, 0.6) is 0 Å². The molecule has 9 heteroatoms. The number of carboxylic acids is 2. The second-order valence-corrected chi connectivity index (χ2v) is 7.61. The summed E-state index contributed by atoms with van der Waals surface area (Å²) in [4.78, 5) is 31.2. The average molecular weight is 442 g/mol. The molecule has 0 unspecified atom stereocenters. The molecule has 0 bridgehead atoms. The van der Waals surface area contributed by atoms with Crippen molar-refractivity contribution < 1.29 is 24.2 Å². The van der Waals surface area contributed by atoms with Crippen molar-refractivity contribution in [3.05, 3.63) is 53.5 Å². The standard InChI is InChI=1S/C19H23FN4.C4H4O4/c20-15-8-6-14(7-9-15)18-16-4-2-1-3-5-17(16)22-19(23-18)24-12-10-21-11-13-24;5-3(6)1-2-4(7)8/h6-9,21H,1-5,10-13H2;1-2H,(H,5,6)(H,7,8). The molecule has 2 aliphatic rings. The van der Waals surface area contributed by atoms with E-state index < -0.39 is 11.9 Å². The van der Waals surface area contributed by atoms with E-state index in [4.69, 9.17) is 20.2 Å². The molecule has 1 aliphatic heterocycles. The molecule has 1 saturated heterocycles. The first kappa shape index (κ1) is 23.3. The summed E-state index contributed by atoms with van der Waals surface area (Å²) in [5.74, 6) is -1.89. The number of hydrogen-bond acceptors (Lipinski definition) is 6. The quantitative estimate of drug-likeness (QED) is 0.489. The molecule has 0 atom stereocenters. The molecule has 1 fully saturated rings. The molecule has 0 saturated carbocycles. The monoisotopic (exact) mass is 442 g/mol. The highest BCUT2D eigenvalue weighted by Crippen LogP contribution is 2.30. The zero-order valence-electron chi connectivity index (χ0n) is 17.8. The van der Waals surface area contributed by atoms with Crippen LogP contribution in [0.2, 0.25) is 0 Å². The predicted molar refractivity (Wildman–Crippen MR) is 118 cm³/mol. The van der Waals surface area contributed by atoms with Gasteiger partial charge in [-0.05, 0) is 49.9 Å². The van der Waals surface area contributed by atoms with Crippen LogP contribution in [0.4, 0.5) is 10.3 Å². The van der Waals surface area contributed by atoms with Gasteiger partial charge in [0.15, 0.2) is 0 Å². The van der Waals surface area contributed by atoms with Gasteiger partial charge in [-0.15, -0.1) is 0 Å². The van der Waals surface area contributed by atoms with E-state index in [0.717, 1.165) is 56.2 Å². The summed E-state index contributed by atoms with van der Waals surface area (Å²) >= 11 is 0. The first-order chi connectivity index (χ1) is 15.4. The van der Waals surface area contributed by atoms with Crippen LogP contribution in [-0.4, -0.2) is 58.3 Å². The molecule has 3 N–H and O–H groups in total. The van der Waals surface area contributed by atoms with Crippen LogP contribution < -0.4 is 10.2 Å². The lowest BCUT2D eigenvalue weighted by molar-refractivity contribution is -0.134. The minimum Gasteiger partial charge on any atom is -0.478 e. The molecule has 8 nitrogen and oxygen atoms in total. The number of aromatic nitrogens is 2. The number of halogens is 1. The fourth-order valence-electron chi connectivity index (χ4n) is 3.75. The lowest BCUT2D eigenvalue weighted by Gasteiger charge is -2.28. The van der Waals surface area contributed by atoms with E-state index in [2.05, 4.69) is 10.2 Å². The summed E-state index contributed by atoms with van der Waals surface area (Å²) in [5.41, 5.74) is 4.44. The van der Waals surface area contributed by atoms with Gasteiger partial charge in [0.1, 0.15) is 5.82 Å². The number of fused-ring (bicyclic) bond motifs is 1. The van der Waals surface area contributed by atoms with Gasteiger partial charge in [0.25, 0.3) is 0 Å². The Morgan fingerprint density at radius 2 is 1.56 bits per heavy atom. The summed E-state index contributed by atoms with van der Waals surface area (Å²) in [6.45, 7) is 3.79. The minimum atomic E-state index is -1.26. The number of carboxylic acid groups (broad SMARTS) is 2. The number of nitrogens with one attached hydrogen (secondary N) is 1. The third-order valence-corrected chi connectivity index (χ3v) is 5.31. The maximum Gasteiger partial charge on any atom is 0.328 e. The molecule has 4 rings (SSSR count). The molecule has 1 aromatic heterocycles. The van der Waals surface area contributed by atoms with Gasteiger partial charge in [0.05, 0.1) is 5.69 Å². The highest BCUT2D eigenvalue weighted by Gasteiger charge is 2.21. The molecule has 170 valence electrons. The van der Waals surface area contributed by atoms with Crippen molar-refractivity contribution >= 4 is 17.9 Å². The first-order valence-corrected chi connectivity index (χ1v) is 10.7. The lowest BCUT2D eigenvalue weighted by atomic mass is 10.0. The van der Waals surface area contributed by atoms with Gasteiger partial charge >= 0.3 is 11.9 Å². The normalized spacial score (nSPS) is 16.0. The summed E-state index contributed by atoms with van der Waals surface area (Å²) in [7, 11) is 0. The Balaban J connectivity index is 0.000000312. The van der Waals surface area contributed by atoms with Crippen LogP contribution >= 0.6 is 0 Å². The Kier molecular flexibility index (Phi) is 8.27. The van der Waals surface area contributed by atoms with E-state index in [1.54, 1.807) is 0 Å². The molecular weight excluding hydrogens is 415 g/mol. The maximum absolute atomic E-state index is 13.3. The van der Waals surface area contributed by atoms with Crippen LogP contribution in [0.3, 0.4) is 0 Å². The molecule has 2 aromatic rings. The lowest BCUT2D eigenvalue weighted by Crippen LogP contribution is -2.44. The van der Waals surface area contributed by atoms with E-state index >= 15 is 0 Å². The molecule has 2 heterocycles. The van der Waals surface area contributed by atoms with Gasteiger partial charge in [-0.3, -0.25) is 0 Å².